The van der Waals surface area contributed by atoms with Gasteiger partial charge in [-0.05, 0) is 66.4 Å². The molecule has 0 unspecified atom stereocenters. The van der Waals surface area contributed by atoms with E-state index in [0.29, 0.717) is 24.1 Å². The molecule has 5 rings (SSSR count). The van der Waals surface area contributed by atoms with Gasteiger partial charge in [-0.2, -0.15) is 18.3 Å². The van der Waals surface area contributed by atoms with Crippen LogP contribution in [0.4, 0.5) is 33.5 Å². The van der Waals surface area contributed by atoms with E-state index in [9.17, 15) is 35.6 Å². The fourth-order valence-electron chi connectivity index (χ4n) is 5.57. The molecule has 272 valence electrons. The van der Waals surface area contributed by atoms with Gasteiger partial charge in [-0.25, -0.2) is 26.6 Å². The normalized spacial score (nSPS) is 11.8. The SMILES string of the molecule is CCCCc1nn(-c2cc(NC(=O)CC)ccc2C(F)(F)F)c(N)c1Cc1ccc(-c2ccccc2S(=O)(=O)NC(=O)c2ccccc2F)cc1F. The highest BCUT2D eigenvalue weighted by Gasteiger charge is 2.35. The lowest BCUT2D eigenvalue weighted by atomic mass is 9.98. The van der Waals surface area contributed by atoms with Gasteiger partial charge in [-0.1, -0.05) is 62.7 Å². The minimum absolute atomic E-state index is 0.0486. The summed E-state index contributed by atoms with van der Waals surface area (Å²) < 4.78 is 102. The highest BCUT2D eigenvalue weighted by molar-refractivity contribution is 7.90. The van der Waals surface area contributed by atoms with Crippen LogP contribution in [-0.2, 0) is 33.8 Å². The van der Waals surface area contributed by atoms with E-state index in [1.54, 1.807) is 6.92 Å². The Balaban J connectivity index is 1.51. The zero-order chi connectivity index (χ0) is 37.8. The fourth-order valence-corrected chi connectivity index (χ4v) is 6.77. The molecule has 0 bridgehead atoms. The van der Waals surface area contributed by atoms with E-state index >= 15 is 4.39 Å². The molecule has 15 heteroatoms. The van der Waals surface area contributed by atoms with Gasteiger partial charge < -0.3 is 11.1 Å². The van der Waals surface area contributed by atoms with Crippen LogP contribution in [-0.4, -0.2) is 30.0 Å². The van der Waals surface area contributed by atoms with Crippen LogP contribution in [0.5, 0.6) is 0 Å². The van der Waals surface area contributed by atoms with E-state index in [4.69, 9.17) is 5.73 Å². The summed E-state index contributed by atoms with van der Waals surface area (Å²) in [5.41, 5.74) is 5.59. The molecule has 0 aliphatic heterocycles. The van der Waals surface area contributed by atoms with E-state index in [0.717, 1.165) is 47.5 Å². The summed E-state index contributed by atoms with van der Waals surface area (Å²) in [5, 5.41) is 6.99. The molecule has 4 aromatic carbocycles. The standard InChI is InChI=1S/C37H34F5N5O4S/c1-3-5-13-31-27(35(43)47(45-31)32-21-24(44-34(48)4-2)17-18-28(32)37(40,41)42)19-23-16-15-22(20-30(23)39)25-10-7-9-14-33(25)52(50,51)46-36(49)26-11-6-8-12-29(26)38/h6-12,14-18,20-21H,3-5,13,19,43H2,1-2H3,(H,44,48)(H,46,49). The summed E-state index contributed by atoms with van der Waals surface area (Å²) in [6.07, 6.45) is -3.18. The van der Waals surface area contributed by atoms with E-state index in [2.05, 4.69) is 10.4 Å². The van der Waals surface area contributed by atoms with E-state index in [1.807, 2.05) is 11.6 Å². The van der Waals surface area contributed by atoms with Crippen LogP contribution < -0.4 is 15.8 Å². The Morgan fingerprint density at radius 1 is 0.904 bits per heavy atom. The minimum Gasteiger partial charge on any atom is -0.383 e. The van der Waals surface area contributed by atoms with Gasteiger partial charge in [0.1, 0.15) is 17.5 Å². The van der Waals surface area contributed by atoms with Gasteiger partial charge in [-0.15, -0.1) is 0 Å². The maximum Gasteiger partial charge on any atom is 0.418 e. The van der Waals surface area contributed by atoms with Crippen molar-refractivity contribution < 1.29 is 40.0 Å². The lowest BCUT2D eigenvalue weighted by molar-refractivity contribution is -0.137. The van der Waals surface area contributed by atoms with Crippen molar-refractivity contribution in [3.8, 4) is 16.8 Å². The number of amides is 2. The number of nitrogen functional groups attached to an aromatic ring is 1. The molecule has 0 radical (unpaired) electrons. The van der Waals surface area contributed by atoms with Crippen LogP contribution in [0.25, 0.3) is 16.8 Å². The molecule has 0 saturated carbocycles. The summed E-state index contributed by atoms with van der Waals surface area (Å²) in [4.78, 5) is 24.3. The molecular weight excluding hydrogens is 705 g/mol. The molecule has 1 aromatic heterocycles. The molecular formula is C37H34F5N5O4S. The summed E-state index contributed by atoms with van der Waals surface area (Å²) in [7, 11) is -4.56. The average molecular weight is 740 g/mol. The largest absolute Gasteiger partial charge is 0.418 e. The van der Waals surface area contributed by atoms with Gasteiger partial charge >= 0.3 is 6.18 Å². The number of sulfonamides is 1. The van der Waals surface area contributed by atoms with Gasteiger partial charge in [-0.3, -0.25) is 9.59 Å². The van der Waals surface area contributed by atoms with Crippen LogP contribution in [0.15, 0.2) is 89.8 Å². The smallest absolute Gasteiger partial charge is 0.383 e. The highest BCUT2D eigenvalue weighted by atomic mass is 32.2. The summed E-state index contributed by atoms with van der Waals surface area (Å²) >= 11 is 0. The number of carbonyl (C=O) groups excluding carboxylic acids is 2. The first-order chi connectivity index (χ1) is 24.6. The number of benzene rings is 4. The van der Waals surface area contributed by atoms with Crippen molar-refractivity contribution in [2.75, 3.05) is 11.1 Å². The number of nitrogens with two attached hydrogens (primary N) is 1. The second kappa shape index (κ2) is 15.4. The number of nitrogens with one attached hydrogen (secondary N) is 2. The number of unbranched alkanes of at least 4 members (excludes halogenated alkanes) is 1. The lowest BCUT2D eigenvalue weighted by Gasteiger charge is -2.16. The molecule has 0 aliphatic carbocycles. The van der Waals surface area contributed by atoms with Gasteiger partial charge in [0.05, 0.1) is 27.4 Å². The summed E-state index contributed by atoms with van der Waals surface area (Å²) in [6, 6.07) is 17.5. The summed E-state index contributed by atoms with van der Waals surface area (Å²) in [5.74, 6) is -3.43. The first-order valence-electron chi connectivity index (χ1n) is 16.2. The number of aryl methyl sites for hydroxylation is 1. The van der Waals surface area contributed by atoms with Gasteiger partial charge in [0, 0.05) is 29.7 Å². The zero-order valence-electron chi connectivity index (χ0n) is 28.0. The number of aromatic nitrogens is 2. The maximum atomic E-state index is 15.9. The summed E-state index contributed by atoms with van der Waals surface area (Å²) in [6.45, 7) is 3.52. The second-order valence-corrected chi connectivity index (χ2v) is 13.5. The molecule has 0 saturated heterocycles. The first-order valence-corrected chi connectivity index (χ1v) is 17.7. The maximum absolute atomic E-state index is 15.9. The molecule has 2 amide bonds. The van der Waals surface area contributed by atoms with E-state index in [-0.39, 0.29) is 45.9 Å². The van der Waals surface area contributed by atoms with Crippen LogP contribution in [0, 0.1) is 11.6 Å². The average Bonchev–Trinajstić information content (AvgIpc) is 3.41. The van der Waals surface area contributed by atoms with Crippen molar-refractivity contribution in [1.82, 2.24) is 14.5 Å². The van der Waals surface area contributed by atoms with Crippen LogP contribution in [0.2, 0.25) is 0 Å². The third-order valence-electron chi connectivity index (χ3n) is 8.26. The zero-order valence-corrected chi connectivity index (χ0v) is 28.8. The van der Waals surface area contributed by atoms with Crippen molar-refractivity contribution in [2.24, 2.45) is 0 Å². The third-order valence-corrected chi connectivity index (χ3v) is 9.65. The fraction of sp³-hybridized carbons (Fsp3) is 0.216. The van der Waals surface area contributed by atoms with Crippen molar-refractivity contribution in [3.63, 3.8) is 0 Å². The molecule has 0 spiro atoms. The van der Waals surface area contributed by atoms with Crippen LogP contribution >= 0.6 is 0 Å². The van der Waals surface area contributed by atoms with Gasteiger partial charge in [0.15, 0.2) is 0 Å². The quantitative estimate of drug-likeness (QED) is 0.112. The Labute approximate surface area is 296 Å². The van der Waals surface area contributed by atoms with Crippen molar-refractivity contribution in [3.05, 3.63) is 125 Å². The van der Waals surface area contributed by atoms with Crippen LogP contribution in [0.3, 0.4) is 0 Å². The molecule has 0 aliphatic rings. The number of alkyl halides is 3. The van der Waals surface area contributed by atoms with Crippen molar-refractivity contribution in [1.29, 1.82) is 0 Å². The molecule has 1 heterocycles. The number of anilines is 2. The van der Waals surface area contributed by atoms with Gasteiger partial charge in [0.2, 0.25) is 5.91 Å². The number of hydrogen-bond acceptors (Lipinski definition) is 6. The number of nitrogens with zero attached hydrogens (tertiary/aromatic N) is 2. The molecule has 0 fully saturated rings. The number of halogens is 5. The molecule has 52 heavy (non-hydrogen) atoms. The third kappa shape index (κ3) is 8.15. The monoisotopic (exact) mass is 739 g/mol. The first kappa shape index (κ1) is 37.7. The number of rotatable bonds is 12. The van der Waals surface area contributed by atoms with Crippen LogP contribution in [0.1, 0.15) is 65.9 Å². The van der Waals surface area contributed by atoms with E-state index < -0.39 is 56.5 Å². The second-order valence-electron chi connectivity index (χ2n) is 11.9. The highest BCUT2D eigenvalue weighted by Crippen LogP contribution is 2.38. The Bertz CT molecular complexity index is 2250. The molecule has 0 atom stereocenters. The molecule has 4 N–H and O–H groups in total. The molecule has 5 aromatic rings. The Kier molecular flexibility index (Phi) is 11.1. The number of carbonyl (C=O) groups is 2. The Morgan fingerprint density at radius 3 is 2.29 bits per heavy atom. The predicted octanol–water partition coefficient (Wildman–Crippen LogP) is 7.82. The lowest BCUT2D eigenvalue weighted by Crippen LogP contribution is -2.31. The Morgan fingerprint density at radius 2 is 1.62 bits per heavy atom. The topological polar surface area (TPSA) is 136 Å². The predicted molar refractivity (Wildman–Crippen MR) is 186 cm³/mol. The number of hydrogen-bond donors (Lipinski definition) is 3. The Hall–Kier alpha value is -5.57. The van der Waals surface area contributed by atoms with Crippen molar-refractivity contribution in [2.45, 2.75) is 57.0 Å². The van der Waals surface area contributed by atoms with Gasteiger partial charge in [0.25, 0.3) is 15.9 Å². The van der Waals surface area contributed by atoms with Crippen molar-refractivity contribution >= 4 is 33.3 Å². The van der Waals surface area contributed by atoms with E-state index in [1.165, 1.54) is 48.5 Å². The minimum atomic E-state index is -4.79. The molecule has 9 nitrogen and oxygen atoms in total.